The van der Waals surface area contributed by atoms with E-state index >= 15 is 0 Å². The number of carbonyl (C=O) groups is 2. The number of hydrogen-bond acceptors (Lipinski definition) is 5. The number of ether oxygens (including phenoxy) is 3. The standard InChI is InChI=1S/C19H19F2NO5/c1-12-5-3-4-6-14(12)10-22-17(23)11-26-18(24)13-7-8-15(27-19(20)21)16(9-13)25-2/h3-9,19H,10-11H2,1-2H3,(H,22,23). The van der Waals surface area contributed by atoms with Gasteiger partial charge < -0.3 is 19.5 Å². The molecule has 6 nitrogen and oxygen atoms in total. The lowest BCUT2D eigenvalue weighted by atomic mass is 10.1. The molecule has 8 heteroatoms. The minimum Gasteiger partial charge on any atom is -0.493 e. The fourth-order valence-corrected chi connectivity index (χ4v) is 2.26. The van der Waals surface area contributed by atoms with Crippen LogP contribution in [0.25, 0.3) is 0 Å². The molecular weight excluding hydrogens is 360 g/mol. The van der Waals surface area contributed by atoms with Gasteiger partial charge in [-0.1, -0.05) is 24.3 Å². The van der Waals surface area contributed by atoms with Gasteiger partial charge in [-0.2, -0.15) is 8.78 Å². The topological polar surface area (TPSA) is 73.9 Å². The van der Waals surface area contributed by atoms with Gasteiger partial charge in [-0.15, -0.1) is 0 Å². The van der Waals surface area contributed by atoms with E-state index in [0.29, 0.717) is 6.54 Å². The zero-order valence-corrected chi connectivity index (χ0v) is 14.8. The van der Waals surface area contributed by atoms with Crippen LogP contribution in [0.5, 0.6) is 11.5 Å². The van der Waals surface area contributed by atoms with Crippen molar-refractivity contribution >= 4 is 11.9 Å². The molecule has 144 valence electrons. The van der Waals surface area contributed by atoms with Crippen LogP contribution in [-0.2, 0) is 16.1 Å². The molecule has 0 atom stereocenters. The van der Waals surface area contributed by atoms with E-state index in [2.05, 4.69) is 10.1 Å². The van der Waals surface area contributed by atoms with Crippen LogP contribution in [0.2, 0.25) is 0 Å². The Morgan fingerprint density at radius 1 is 1.11 bits per heavy atom. The minimum absolute atomic E-state index is 0.0418. The Labute approximate surface area is 155 Å². The van der Waals surface area contributed by atoms with Gasteiger partial charge in [0.25, 0.3) is 5.91 Å². The van der Waals surface area contributed by atoms with E-state index < -0.39 is 25.1 Å². The first kappa shape index (κ1) is 20.2. The summed E-state index contributed by atoms with van der Waals surface area (Å²) in [4.78, 5) is 23.9. The maximum absolute atomic E-state index is 12.3. The van der Waals surface area contributed by atoms with Crippen LogP contribution in [0.4, 0.5) is 8.78 Å². The second kappa shape index (κ2) is 9.51. The van der Waals surface area contributed by atoms with Crippen molar-refractivity contribution in [1.82, 2.24) is 5.32 Å². The fraction of sp³-hybridized carbons (Fsp3) is 0.263. The maximum Gasteiger partial charge on any atom is 0.387 e. The lowest BCUT2D eigenvalue weighted by Gasteiger charge is -2.11. The average Bonchev–Trinajstić information content (AvgIpc) is 2.65. The lowest BCUT2D eigenvalue weighted by molar-refractivity contribution is -0.124. The summed E-state index contributed by atoms with van der Waals surface area (Å²) >= 11 is 0. The Bertz CT molecular complexity index is 810. The molecule has 0 aliphatic carbocycles. The zero-order valence-electron chi connectivity index (χ0n) is 14.8. The number of alkyl halides is 2. The van der Waals surface area contributed by atoms with Crippen molar-refractivity contribution in [3.05, 3.63) is 59.2 Å². The van der Waals surface area contributed by atoms with Gasteiger partial charge in [0.2, 0.25) is 0 Å². The van der Waals surface area contributed by atoms with E-state index in [-0.39, 0.29) is 17.1 Å². The zero-order chi connectivity index (χ0) is 19.8. The predicted octanol–water partition coefficient (Wildman–Crippen LogP) is 3.08. The summed E-state index contributed by atoms with van der Waals surface area (Å²) < 4.78 is 38.8. The highest BCUT2D eigenvalue weighted by molar-refractivity contribution is 5.92. The number of carbonyl (C=O) groups excluding carboxylic acids is 2. The Balaban J connectivity index is 1.89. The van der Waals surface area contributed by atoms with Crippen LogP contribution < -0.4 is 14.8 Å². The van der Waals surface area contributed by atoms with Crippen molar-refractivity contribution in [2.45, 2.75) is 20.1 Å². The quantitative estimate of drug-likeness (QED) is 0.714. The summed E-state index contributed by atoms with van der Waals surface area (Å²) in [5, 5.41) is 2.66. The first-order valence-corrected chi connectivity index (χ1v) is 8.02. The molecule has 27 heavy (non-hydrogen) atoms. The molecule has 0 unspecified atom stereocenters. The number of hydrogen-bond donors (Lipinski definition) is 1. The van der Waals surface area contributed by atoms with Crippen LogP contribution >= 0.6 is 0 Å². The van der Waals surface area contributed by atoms with Crippen molar-refractivity contribution in [3.8, 4) is 11.5 Å². The molecule has 0 saturated carbocycles. The van der Waals surface area contributed by atoms with E-state index in [1.165, 1.54) is 25.3 Å². The summed E-state index contributed by atoms with van der Waals surface area (Å²) in [6.07, 6.45) is 0. The number of amides is 1. The molecule has 2 aromatic carbocycles. The lowest BCUT2D eigenvalue weighted by Crippen LogP contribution is -2.28. The van der Waals surface area contributed by atoms with Crippen LogP contribution in [0.15, 0.2) is 42.5 Å². The van der Waals surface area contributed by atoms with Crippen molar-refractivity contribution in [2.75, 3.05) is 13.7 Å². The normalized spacial score (nSPS) is 10.4. The fourth-order valence-electron chi connectivity index (χ4n) is 2.26. The number of rotatable bonds is 8. The van der Waals surface area contributed by atoms with Crippen LogP contribution in [-0.4, -0.2) is 32.2 Å². The Kier molecular flexibility index (Phi) is 7.10. The highest BCUT2D eigenvalue weighted by atomic mass is 19.3. The minimum atomic E-state index is -3.02. The van der Waals surface area contributed by atoms with Crippen LogP contribution in [0.1, 0.15) is 21.5 Å². The van der Waals surface area contributed by atoms with Gasteiger partial charge in [0, 0.05) is 6.54 Å². The van der Waals surface area contributed by atoms with E-state index in [4.69, 9.17) is 9.47 Å². The SMILES string of the molecule is COc1cc(C(=O)OCC(=O)NCc2ccccc2C)ccc1OC(F)F. The molecule has 0 bridgehead atoms. The Hall–Kier alpha value is -3.16. The molecule has 0 aliphatic rings. The van der Waals surface area contributed by atoms with E-state index in [1.54, 1.807) is 0 Å². The maximum atomic E-state index is 12.3. The van der Waals surface area contributed by atoms with Gasteiger partial charge in [-0.25, -0.2) is 4.79 Å². The van der Waals surface area contributed by atoms with Crippen molar-refractivity contribution in [3.63, 3.8) is 0 Å². The molecule has 2 aromatic rings. The molecule has 0 aromatic heterocycles. The number of methoxy groups -OCH3 is 1. The monoisotopic (exact) mass is 379 g/mol. The Morgan fingerprint density at radius 3 is 2.52 bits per heavy atom. The van der Waals surface area contributed by atoms with E-state index in [9.17, 15) is 18.4 Å². The van der Waals surface area contributed by atoms with Gasteiger partial charge >= 0.3 is 12.6 Å². The third kappa shape index (κ3) is 5.95. The van der Waals surface area contributed by atoms with Crippen molar-refractivity contribution in [1.29, 1.82) is 0 Å². The van der Waals surface area contributed by atoms with E-state index in [0.717, 1.165) is 11.1 Å². The number of nitrogens with one attached hydrogen (secondary N) is 1. The van der Waals surface area contributed by atoms with Crippen LogP contribution in [0.3, 0.4) is 0 Å². The van der Waals surface area contributed by atoms with Gasteiger partial charge in [-0.05, 0) is 36.2 Å². The van der Waals surface area contributed by atoms with Gasteiger partial charge in [0.15, 0.2) is 18.1 Å². The highest BCUT2D eigenvalue weighted by Gasteiger charge is 2.16. The molecule has 1 N–H and O–H groups in total. The molecule has 0 fully saturated rings. The Morgan fingerprint density at radius 2 is 1.85 bits per heavy atom. The second-order valence-corrected chi connectivity index (χ2v) is 5.52. The molecule has 0 radical (unpaired) electrons. The third-order valence-corrected chi connectivity index (χ3v) is 3.69. The average molecular weight is 379 g/mol. The molecule has 0 heterocycles. The third-order valence-electron chi connectivity index (χ3n) is 3.69. The van der Waals surface area contributed by atoms with Crippen molar-refractivity contribution in [2.24, 2.45) is 0 Å². The van der Waals surface area contributed by atoms with E-state index in [1.807, 2.05) is 31.2 Å². The summed E-state index contributed by atoms with van der Waals surface area (Å²) in [7, 11) is 1.25. The molecule has 0 aliphatic heterocycles. The summed E-state index contributed by atoms with van der Waals surface area (Å²) in [5.74, 6) is -1.51. The first-order valence-electron chi connectivity index (χ1n) is 8.02. The number of esters is 1. The van der Waals surface area contributed by atoms with Gasteiger partial charge in [0.1, 0.15) is 0 Å². The van der Waals surface area contributed by atoms with Crippen molar-refractivity contribution < 1.29 is 32.6 Å². The number of benzene rings is 2. The van der Waals surface area contributed by atoms with Crippen LogP contribution in [0, 0.1) is 6.92 Å². The molecule has 1 amide bonds. The van der Waals surface area contributed by atoms with Gasteiger partial charge in [-0.3, -0.25) is 4.79 Å². The summed E-state index contributed by atoms with van der Waals surface area (Å²) in [6.45, 7) is -1.25. The molecule has 2 rings (SSSR count). The number of aryl methyl sites for hydroxylation is 1. The summed E-state index contributed by atoms with van der Waals surface area (Å²) in [6, 6.07) is 11.2. The number of halogens is 2. The first-order chi connectivity index (χ1) is 12.9. The molecule has 0 saturated heterocycles. The second-order valence-electron chi connectivity index (χ2n) is 5.52. The summed E-state index contributed by atoms with van der Waals surface area (Å²) in [5.41, 5.74) is 2.03. The highest BCUT2D eigenvalue weighted by Crippen LogP contribution is 2.29. The molecular formula is C19H19F2NO5. The smallest absolute Gasteiger partial charge is 0.387 e. The predicted molar refractivity (Wildman–Crippen MR) is 92.9 cm³/mol. The largest absolute Gasteiger partial charge is 0.493 e. The molecule has 0 spiro atoms. The van der Waals surface area contributed by atoms with Gasteiger partial charge in [0.05, 0.1) is 12.7 Å².